The summed E-state index contributed by atoms with van der Waals surface area (Å²) >= 11 is 5.09. The monoisotopic (exact) mass is 157 g/mol. The van der Waals surface area contributed by atoms with Crippen LogP contribution in [0.3, 0.4) is 0 Å². The zero-order valence-electron chi connectivity index (χ0n) is 5.06. The van der Waals surface area contributed by atoms with Gasteiger partial charge in [-0.25, -0.2) is 4.79 Å². The number of ether oxygens (including phenoxy) is 1. The van der Waals surface area contributed by atoms with E-state index in [0.717, 1.165) is 0 Å². The fourth-order valence-corrected chi connectivity index (χ4v) is 0.278. The lowest BCUT2D eigenvalue weighted by Crippen LogP contribution is -2.02. The smallest absolute Gasteiger partial charge is 0.354 e. The Hall–Kier alpha value is -1.27. The van der Waals surface area contributed by atoms with E-state index in [-0.39, 0.29) is 10.8 Å². The summed E-state index contributed by atoms with van der Waals surface area (Å²) in [6.07, 6.45) is 0. The van der Waals surface area contributed by atoms with E-state index in [1.165, 1.54) is 6.07 Å². The van der Waals surface area contributed by atoms with Crippen LogP contribution < -0.4 is 0 Å². The van der Waals surface area contributed by atoms with Gasteiger partial charge >= 0.3 is 5.97 Å². The van der Waals surface area contributed by atoms with Crippen molar-refractivity contribution < 1.29 is 9.53 Å². The fourth-order valence-electron chi connectivity index (χ4n) is 0.208. The minimum atomic E-state index is -0.873. The molecule has 0 saturated heterocycles. The average Bonchev–Trinajstić information content (AvgIpc) is 1.85. The molecule has 0 heterocycles. The topological polar surface area (TPSA) is 50.1 Å². The van der Waals surface area contributed by atoms with Crippen molar-refractivity contribution in [3.63, 3.8) is 0 Å². The van der Waals surface area contributed by atoms with E-state index in [0.29, 0.717) is 0 Å². The van der Waals surface area contributed by atoms with Crippen LogP contribution in [0.25, 0.3) is 0 Å². The molecule has 0 N–H and O–H groups in total. The predicted octanol–water partition coefficient (Wildman–Crippen LogP) is 1.32. The molecule has 10 heavy (non-hydrogen) atoms. The maximum atomic E-state index is 10.5. The molecule has 0 aliphatic rings. The SMILES string of the molecule is C=C(Cl)OC(=O)C(=C)C#N. The van der Waals surface area contributed by atoms with Crippen LogP contribution in [0.5, 0.6) is 0 Å². The lowest BCUT2D eigenvalue weighted by atomic mass is 10.3. The van der Waals surface area contributed by atoms with Crippen LogP contribution in [0, 0.1) is 11.3 Å². The second kappa shape index (κ2) is 3.70. The van der Waals surface area contributed by atoms with E-state index >= 15 is 0 Å². The van der Waals surface area contributed by atoms with E-state index in [1.807, 2.05) is 0 Å². The average molecular weight is 158 g/mol. The molecule has 0 aromatic heterocycles. The van der Waals surface area contributed by atoms with Gasteiger partial charge in [0, 0.05) is 0 Å². The van der Waals surface area contributed by atoms with Crippen LogP contribution in [0.4, 0.5) is 0 Å². The standard InChI is InChI=1S/C6H4ClNO2/c1-4(3-8)6(9)10-5(2)7/h1-2H2. The lowest BCUT2D eigenvalue weighted by Gasteiger charge is -1.95. The number of rotatable bonds is 2. The van der Waals surface area contributed by atoms with Crippen molar-refractivity contribution in [1.29, 1.82) is 5.26 Å². The molecule has 0 aliphatic heterocycles. The van der Waals surface area contributed by atoms with E-state index in [1.54, 1.807) is 0 Å². The largest absolute Gasteiger partial charge is 0.411 e. The first-order valence-corrected chi connectivity index (χ1v) is 2.61. The van der Waals surface area contributed by atoms with E-state index in [9.17, 15) is 4.79 Å². The third-order valence-corrected chi connectivity index (χ3v) is 0.662. The molecule has 0 fully saturated rings. The molecule has 0 aliphatic carbocycles. The summed E-state index contributed by atoms with van der Waals surface area (Å²) in [7, 11) is 0. The van der Waals surface area contributed by atoms with Crippen molar-refractivity contribution in [2.75, 3.05) is 0 Å². The highest BCUT2D eigenvalue weighted by atomic mass is 35.5. The van der Waals surface area contributed by atoms with Crippen molar-refractivity contribution in [2.45, 2.75) is 0 Å². The molecular weight excluding hydrogens is 154 g/mol. The van der Waals surface area contributed by atoms with Gasteiger partial charge in [0.2, 0.25) is 0 Å². The van der Waals surface area contributed by atoms with Gasteiger partial charge in [0.05, 0.1) is 0 Å². The highest BCUT2D eigenvalue weighted by Crippen LogP contribution is 2.02. The Bertz CT molecular complexity index is 226. The molecule has 0 bridgehead atoms. The predicted molar refractivity (Wildman–Crippen MR) is 35.8 cm³/mol. The van der Waals surface area contributed by atoms with Crippen LogP contribution in [0.15, 0.2) is 23.9 Å². The molecule has 0 saturated carbocycles. The molecule has 4 heteroatoms. The number of hydrogen-bond donors (Lipinski definition) is 0. The fraction of sp³-hybridized carbons (Fsp3) is 0. The Morgan fingerprint density at radius 2 is 2.10 bits per heavy atom. The molecule has 0 aromatic carbocycles. The first-order chi connectivity index (χ1) is 4.57. The van der Waals surface area contributed by atoms with Crippen molar-refractivity contribution in [1.82, 2.24) is 0 Å². The highest BCUT2D eigenvalue weighted by molar-refractivity contribution is 6.28. The van der Waals surface area contributed by atoms with Crippen molar-refractivity contribution in [3.8, 4) is 6.07 Å². The zero-order valence-corrected chi connectivity index (χ0v) is 5.81. The Morgan fingerprint density at radius 3 is 2.40 bits per heavy atom. The third-order valence-electron chi connectivity index (χ3n) is 0.585. The summed E-state index contributed by atoms with van der Waals surface area (Å²) in [5, 5.41) is 7.82. The van der Waals surface area contributed by atoms with E-state index in [4.69, 9.17) is 16.9 Å². The third kappa shape index (κ3) is 2.90. The Kier molecular flexibility index (Phi) is 3.23. The minimum absolute atomic E-state index is 0.276. The second-order valence-corrected chi connectivity index (χ2v) is 1.76. The van der Waals surface area contributed by atoms with Crippen molar-refractivity contribution >= 4 is 17.6 Å². The zero-order chi connectivity index (χ0) is 8.15. The summed E-state index contributed by atoms with van der Waals surface area (Å²) in [5.41, 5.74) is -0.304. The number of carbonyl (C=O) groups excluding carboxylic acids is 1. The van der Waals surface area contributed by atoms with Gasteiger partial charge in [0.25, 0.3) is 0 Å². The van der Waals surface area contributed by atoms with Crippen LogP contribution >= 0.6 is 11.6 Å². The molecule has 0 atom stereocenters. The molecular formula is C6H4ClNO2. The van der Waals surface area contributed by atoms with Crippen molar-refractivity contribution in [2.24, 2.45) is 0 Å². The highest BCUT2D eigenvalue weighted by Gasteiger charge is 2.07. The molecule has 52 valence electrons. The number of halogens is 1. The first kappa shape index (κ1) is 8.73. The summed E-state index contributed by atoms with van der Waals surface area (Å²) in [5.74, 6) is -0.873. The van der Waals surface area contributed by atoms with Gasteiger partial charge < -0.3 is 4.74 Å². The van der Waals surface area contributed by atoms with Gasteiger partial charge in [-0.15, -0.1) is 0 Å². The van der Waals surface area contributed by atoms with E-state index < -0.39 is 5.97 Å². The number of esters is 1. The molecule has 0 rings (SSSR count). The van der Waals surface area contributed by atoms with Crippen LogP contribution in [0.1, 0.15) is 0 Å². The van der Waals surface area contributed by atoms with Gasteiger partial charge in [0.15, 0.2) is 5.22 Å². The maximum Gasteiger partial charge on any atom is 0.354 e. The summed E-state index contributed by atoms with van der Waals surface area (Å²) in [6, 6.07) is 1.50. The number of carbonyl (C=O) groups is 1. The van der Waals surface area contributed by atoms with Crippen LogP contribution in [-0.2, 0) is 9.53 Å². The molecule has 0 aromatic rings. The first-order valence-electron chi connectivity index (χ1n) is 2.23. The quantitative estimate of drug-likeness (QED) is 0.263. The number of nitrogens with zero attached hydrogens (tertiary/aromatic N) is 1. The molecule has 3 nitrogen and oxygen atoms in total. The minimum Gasteiger partial charge on any atom is -0.411 e. The Balaban J connectivity index is 4.02. The van der Waals surface area contributed by atoms with Crippen LogP contribution in [-0.4, -0.2) is 5.97 Å². The summed E-state index contributed by atoms with van der Waals surface area (Å²) in [6.45, 7) is 6.17. The maximum absolute atomic E-state index is 10.5. The van der Waals surface area contributed by atoms with Crippen LogP contribution in [0.2, 0.25) is 0 Å². The molecule has 0 spiro atoms. The Morgan fingerprint density at radius 1 is 1.60 bits per heavy atom. The van der Waals surface area contributed by atoms with Gasteiger partial charge in [-0.1, -0.05) is 6.58 Å². The second-order valence-electron chi connectivity index (χ2n) is 1.33. The summed E-state index contributed by atoms with van der Waals surface area (Å²) < 4.78 is 4.21. The molecule has 0 amide bonds. The van der Waals surface area contributed by atoms with Gasteiger partial charge in [-0.2, -0.15) is 5.26 Å². The number of hydrogen-bond acceptors (Lipinski definition) is 3. The Labute approximate surface area is 63.2 Å². The summed E-state index contributed by atoms with van der Waals surface area (Å²) in [4.78, 5) is 10.5. The van der Waals surface area contributed by atoms with Gasteiger partial charge in [-0.3, -0.25) is 0 Å². The van der Waals surface area contributed by atoms with Gasteiger partial charge in [-0.05, 0) is 18.2 Å². The van der Waals surface area contributed by atoms with Gasteiger partial charge in [0.1, 0.15) is 11.6 Å². The van der Waals surface area contributed by atoms with Crippen molar-refractivity contribution in [3.05, 3.63) is 23.9 Å². The van der Waals surface area contributed by atoms with E-state index in [2.05, 4.69) is 17.9 Å². The lowest BCUT2D eigenvalue weighted by molar-refractivity contribution is -0.133. The molecule has 0 radical (unpaired) electrons. The molecule has 0 unspecified atom stereocenters. The number of nitriles is 1. The normalized spacial score (nSPS) is 7.60.